The Hall–Kier alpha value is -1.83. The SMILES string of the molecule is CCC(=O)NCCO[C@@H](c1cccc(Cl)c1)[C@@H]1CCCN(C(=O)N[C@H](CNC)CC2CCCCC2)C1. The van der Waals surface area contributed by atoms with Crippen LogP contribution >= 0.6 is 11.6 Å². The summed E-state index contributed by atoms with van der Waals surface area (Å²) >= 11 is 6.30. The number of rotatable bonds is 12. The summed E-state index contributed by atoms with van der Waals surface area (Å²) < 4.78 is 6.32. The maximum Gasteiger partial charge on any atom is 0.317 e. The number of likely N-dealkylation sites (N-methyl/N-ethyl adjacent to an activating group) is 1. The van der Waals surface area contributed by atoms with Crippen molar-refractivity contribution in [2.45, 2.75) is 76.9 Å². The Labute approximate surface area is 222 Å². The molecule has 1 aromatic rings. The molecule has 0 unspecified atom stereocenters. The van der Waals surface area contributed by atoms with E-state index in [1.807, 2.05) is 43.1 Å². The molecular weight excluding hydrogens is 476 g/mol. The van der Waals surface area contributed by atoms with Crippen molar-refractivity contribution in [3.8, 4) is 0 Å². The molecule has 3 rings (SSSR count). The van der Waals surface area contributed by atoms with Crippen molar-refractivity contribution in [3.63, 3.8) is 0 Å². The van der Waals surface area contributed by atoms with E-state index >= 15 is 0 Å². The Kier molecular flexibility index (Phi) is 12.3. The van der Waals surface area contributed by atoms with Gasteiger partial charge in [0.1, 0.15) is 0 Å². The minimum Gasteiger partial charge on any atom is -0.371 e. The van der Waals surface area contributed by atoms with E-state index in [-0.39, 0.29) is 30.0 Å². The van der Waals surface area contributed by atoms with Gasteiger partial charge in [-0.05, 0) is 49.9 Å². The first-order valence-corrected chi connectivity index (χ1v) is 14.2. The zero-order chi connectivity index (χ0) is 25.8. The van der Waals surface area contributed by atoms with Gasteiger partial charge in [0.05, 0.1) is 12.7 Å². The van der Waals surface area contributed by atoms with Gasteiger partial charge < -0.3 is 25.6 Å². The second-order valence-electron chi connectivity index (χ2n) is 10.3. The topological polar surface area (TPSA) is 82.7 Å². The van der Waals surface area contributed by atoms with Crippen LogP contribution in [0.4, 0.5) is 4.79 Å². The minimum absolute atomic E-state index is 0.0165. The zero-order valence-electron chi connectivity index (χ0n) is 22.1. The summed E-state index contributed by atoms with van der Waals surface area (Å²) in [7, 11) is 1.95. The fourth-order valence-corrected chi connectivity index (χ4v) is 5.86. The summed E-state index contributed by atoms with van der Waals surface area (Å²) in [5.74, 6) is 0.883. The fourth-order valence-electron chi connectivity index (χ4n) is 5.66. The van der Waals surface area contributed by atoms with Crippen LogP contribution in [0.5, 0.6) is 0 Å². The number of hydrogen-bond acceptors (Lipinski definition) is 4. The normalized spacial score (nSPS) is 20.5. The molecule has 1 aromatic carbocycles. The molecule has 0 bridgehead atoms. The summed E-state index contributed by atoms with van der Waals surface area (Å²) in [5.41, 5.74) is 1.02. The molecule has 3 N–H and O–H groups in total. The predicted octanol–water partition coefficient (Wildman–Crippen LogP) is 4.90. The number of carbonyl (C=O) groups is 2. The lowest BCUT2D eigenvalue weighted by molar-refractivity contribution is -0.121. The highest BCUT2D eigenvalue weighted by atomic mass is 35.5. The van der Waals surface area contributed by atoms with Gasteiger partial charge in [0.15, 0.2) is 0 Å². The molecule has 36 heavy (non-hydrogen) atoms. The average molecular weight is 521 g/mol. The van der Waals surface area contributed by atoms with E-state index in [1.54, 1.807) is 0 Å². The number of nitrogens with zero attached hydrogens (tertiary/aromatic N) is 1. The van der Waals surface area contributed by atoms with Crippen LogP contribution in [-0.2, 0) is 9.53 Å². The molecule has 0 spiro atoms. The summed E-state index contributed by atoms with van der Waals surface area (Å²) in [4.78, 5) is 26.9. The van der Waals surface area contributed by atoms with Gasteiger partial charge in [0, 0.05) is 49.6 Å². The lowest BCUT2D eigenvalue weighted by atomic mass is 9.85. The van der Waals surface area contributed by atoms with E-state index < -0.39 is 0 Å². The smallest absolute Gasteiger partial charge is 0.317 e. The molecule has 3 amide bonds. The van der Waals surface area contributed by atoms with Gasteiger partial charge in [0.25, 0.3) is 0 Å². The summed E-state index contributed by atoms with van der Waals surface area (Å²) in [6, 6.07) is 7.95. The second-order valence-corrected chi connectivity index (χ2v) is 10.8. The molecule has 1 aliphatic carbocycles. The molecule has 3 atom stereocenters. The predicted molar refractivity (Wildman–Crippen MR) is 145 cm³/mol. The molecule has 2 fully saturated rings. The molecule has 1 saturated heterocycles. The number of hydrogen-bond donors (Lipinski definition) is 3. The lowest BCUT2D eigenvalue weighted by Crippen LogP contribution is -2.52. The summed E-state index contributed by atoms with van der Waals surface area (Å²) in [6.45, 7) is 4.90. The molecule has 1 aliphatic heterocycles. The molecule has 8 heteroatoms. The number of carbonyl (C=O) groups excluding carboxylic acids is 2. The van der Waals surface area contributed by atoms with Crippen molar-refractivity contribution in [3.05, 3.63) is 34.9 Å². The molecular formula is C28H45ClN4O3. The highest BCUT2D eigenvalue weighted by Crippen LogP contribution is 2.34. The quantitative estimate of drug-likeness (QED) is 0.342. The van der Waals surface area contributed by atoms with E-state index in [0.29, 0.717) is 37.1 Å². The highest BCUT2D eigenvalue weighted by Gasteiger charge is 2.32. The van der Waals surface area contributed by atoms with Crippen molar-refractivity contribution < 1.29 is 14.3 Å². The molecule has 0 aromatic heterocycles. The van der Waals surface area contributed by atoms with Gasteiger partial charge in [-0.2, -0.15) is 0 Å². The Morgan fingerprint density at radius 3 is 2.69 bits per heavy atom. The third-order valence-corrected chi connectivity index (χ3v) is 7.75. The number of amides is 3. The number of benzene rings is 1. The zero-order valence-corrected chi connectivity index (χ0v) is 22.8. The van der Waals surface area contributed by atoms with Crippen LogP contribution in [0.2, 0.25) is 5.02 Å². The Morgan fingerprint density at radius 1 is 1.17 bits per heavy atom. The summed E-state index contributed by atoms with van der Waals surface area (Å²) in [6.07, 6.45) is 9.75. The number of halogens is 1. The van der Waals surface area contributed by atoms with Crippen molar-refractivity contribution in [1.29, 1.82) is 0 Å². The van der Waals surface area contributed by atoms with Gasteiger partial charge in [-0.1, -0.05) is 62.8 Å². The van der Waals surface area contributed by atoms with Crippen molar-refractivity contribution in [2.24, 2.45) is 11.8 Å². The van der Waals surface area contributed by atoms with E-state index in [1.165, 1.54) is 32.1 Å². The molecule has 2 aliphatic rings. The Bertz CT molecular complexity index is 818. The fraction of sp³-hybridized carbons (Fsp3) is 0.714. The molecule has 7 nitrogen and oxygen atoms in total. The number of piperidine rings is 1. The van der Waals surface area contributed by atoms with E-state index in [2.05, 4.69) is 16.0 Å². The van der Waals surface area contributed by atoms with E-state index in [0.717, 1.165) is 37.9 Å². The van der Waals surface area contributed by atoms with Crippen LogP contribution in [-0.4, -0.2) is 62.7 Å². The summed E-state index contributed by atoms with van der Waals surface area (Å²) in [5, 5.41) is 10.1. The lowest BCUT2D eigenvalue weighted by Gasteiger charge is -2.38. The van der Waals surface area contributed by atoms with E-state index in [4.69, 9.17) is 16.3 Å². The van der Waals surface area contributed by atoms with Crippen LogP contribution in [0.25, 0.3) is 0 Å². The minimum atomic E-state index is -0.187. The van der Waals surface area contributed by atoms with E-state index in [9.17, 15) is 9.59 Å². The first kappa shape index (κ1) is 28.7. The van der Waals surface area contributed by atoms with Gasteiger partial charge in [-0.3, -0.25) is 4.79 Å². The standard InChI is InChI=1S/C28H45ClN4O3/c1-3-26(34)31-14-16-36-27(22-11-7-13-24(29)18-22)23-12-8-15-33(20-23)28(35)32-25(19-30-2)17-21-9-5-4-6-10-21/h7,11,13,18,21,23,25,27,30H,3-6,8-10,12,14-17,19-20H2,1-2H3,(H,31,34)(H,32,35)/t23-,25+,27+/m1/s1. The Morgan fingerprint density at radius 2 is 1.97 bits per heavy atom. The maximum absolute atomic E-state index is 13.3. The third-order valence-electron chi connectivity index (χ3n) is 7.51. The second kappa shape index (κ2) is 15.4. The third kappa shape index (κ3) is 9.24. The van der Waals surface area contributed by atoms with Crippen molar-refractivity contribution in [1.82, 2.24) is 20.9 Å². The van der Waals surface area contributed by atoms with Gasteiger partial charge >= 0.3 is 6.03 Å². The number of ether oxygens (including phenoxy) is 1. The maximum atomic E-state index is 13.3. The van der Waals surface area contributed by atoms with Gasteiger partial charge in [-0.15, -0.1) is 0 Å². The van der Waals surface area contributed by atoms with Crippen molar-refractivity contribution >= 4 is 23.5 Å². The largest absolute Gasteiger partial charge is 0.371 e. The number of nitrogens with one attached hydrogen (secondary N) is 3. The molecule has 1 saturated carbocycles. The van der Waals surface area contributed by atoms with Crippen LogP contribution in [0.1, 0.15) is 76.4 Å². The molecule has 0 radical (unpaired) electrons. The molecule has 1 heterocycles. The average Bonchev–Trinajstić information content (AvgIpc) is 2.89. The molecule has 202 valence electrons. The Balaban J connectivity index is 1.62. The van der Waals surface area contributed by atoms with Gasteiger partial charge in [-0.25, -0.2) is 4.79 Å². The number of likely N-dealkylation sites (tertiary alicyclic amines) is 1. The van der Waals surface area contributed by atoms with Crippen LogP contribution in [0, 0.1) is 11.8 Å². The first-order valence-electron chi connectivity index (χ1n) is 13.8. The highest BCUT2D eigenvalue weighted by molar-refractivity contribution is 6.30. The van der Waals surface area contributed by atoms with Crippen molar-refractivity contribution in [2.75, 3.05) is 39.8 Å². The first-order chi connectivity index (χ1) is 17.5. The monoisotopic (exact) mass is 520 g/mol. The van der Waals surface area contributed by atoms with Crippen LogP contribution in [0.3, 0.4) is 0 Å². The van der Waals surface area contributed by atoms with Gasteiger partial charge in [0.2, 0.25) is 5.91 Å². The van der Waals surface area contributed by atoms with Crippen LogP contribution in [0.15, 0.2) is 24.3 Å². The number of urea groups is 1. The van der Waals surface area contributed by atoms with Crippen LogP contribution < -0.4 is 16.0 Å².